The lowest BCUT2D eigenvalue weighted by Gasteiger charge is -2.23. The first kappa shape index (κ1) is 20.9. The highest BCUT2D eigenvalue weighted by atomic mass is 35.5. The van der Waals surface area contributed by atoms with Crippen molar-refractivity contribution in [1.82, 2.24) is 4.98 Å². The van der Waals surface area contributed by atoms with Crippen LogP contribution in [0.25, 0.3) is 5.76 Å². The third-order valence-electron chi connectivity index (χ3n) is 4.91. The van der Waals surface area contributed by atoms with Gasteiger partial charge in [0.15, 0.2) is 16.6 Å². The average molecular weight is 457 g/mol. The van der Waals surface area contributed by atoms with Crippen molar-refractivity contribution in [1.29, 1.82) is 0 Å². The van der Waals surface area contributed by atoms with Crippen molar-refractivity contribution in [3.63, 3.8) is 0 Å². The molecule has 4 rings (SSSR count). The second kappa shape index (κ2) is 8.41. The van der Waals surface area contributed by atoms with Gasteiger partial charge in [0.05, 0.1) is 25.8 Å². The van der Waals surface area contributed by atoms with Crippen LogP contribution in [0.15, 0.2) is 59.6 Å². The van der Waals surface area contributed by atoms with Crippen LogP contribution in [-0.2, 0) is 9.59 Å². The standard InChI is InChI=1S/C22H17ClN2O5S/c1-29-15-8-5-13(11-16(15)30-2)18-17(19(26)12-3-6-14(23)7-4-12)20(27)21(28)25(18)22-24-9-10-31-22/h3-11,18,26H,1-2H3/b19-17+/t18-/m0/s1. The smallest absolute Gasteiger partial charge is 0.301 e. The van der Waals surface area contributed by atoms with Crippen LogP contribution in [0, 0.1) is 0 Å². The molecule has 0 unspecified atom stereocenters. The van der Waals surface area contributed by atoms with Gasteiger partial charge in [0.2, 0.25) is 0 Å². The first-order valence-corrected chi connectivity index (χ1v) is 10.4. The number of methoxy groups -OCH3 is 2. The molecule has 0 bridgehead atoms. The van der Waals surface area contributed by atoms with E-state index in [1.807, 2.05) is 0 Å². The average Bonchev–Trinajstić information content (AvgIpc) is 3.40. The summed E-state index contributed by atoms with van der Waals surface area (Å²) >= 11 is 7.16. The van der Waals surface area contributed by atoms with Crippen LogP contribution in [0.3, 0.4) is 0 Å². The first-order valence-electron chi connectivity index (χ1n) is 9.14. The maximum atomic E-state index is 13.0. The van der Waals surface area contributed by atoms with E-state index < -0.39 is 17.7 Å². The molecule has 1 aliphatic rings. The monoisotopic (exact) mass is 456 g/mol. The third kappa shape index (κ3) is 3.64. The van der Waals surface area contributed by atoms with Gasteiger partial charge in [-0.15, -0.1) is 11.3 Å². The number of aliphatic hydroxyl groups excluding tert-OH is 1. The number of Topliss-reactive ketones (excluding diaryl/α,β-unsaturated/α-hetero) is 1. The van der Waals surface area contributed by atoms with Crippen molar-refractivity contribution in [3.05, 3.63) is 75.8 Å². The van der Waals surface area contributed by atoms with E-state index in [1.165, 1.54) is 30.5 Å². The highest BCUT2D eigenvalue weighted by molar-refractivity contribution is 7.14. The van der Waals surface area contributed by atoms with E-state index in [4.69, 9.17) is 21.1 Å². The Morgan fingerprint density at radius 2 is 1.81 bits per heavy atom. The van der Waals surface area contributed by atoms with Crippen molar-refractivity contribution in [2.24, 2.45) is 0 Å². The Balaban J connectivity index is 1.94. The molecule has 9 heteroatoms. The molecule has 1 amide bonds. The van der Waals surface area contributed by atoms with Gasteiger partial charge < -0.3 is 14.6 Å². The van der Waals surface area contributed by atoms with Gasteiger partial charge in [0.1, 0.15) is 5.76 Å². The van der Waals surface area contributed by atoms with E-state index in [-0.39, 0.29) is 11.3 Å². The zero-order chi connectivity index (χ0) is 22.1. The number of ether oxygens (including phenoxy) is 2. The van der Waals surface area contributed by atoms with Gasteiger partial charge in [-0.25, -0.2) is 4.98 Å². The van der Waals surface area contributed by atoms with E-state index in [1.54, 1.807) is 54.0 Å². The molecule has 1 aromatic heterocycles. The number of benzene rings is 2. The summed E-state index contributed by atoms with van der Waals surface area (Å²) in [5.41, 5.74) is 0.879. The van der Waals surface area contributed by atoms with Crippen LogP contribution in [-0.4, -0.2) is 36.0 Å². The van der Waals surface area contributed by atoms with Crippen LogP contribution in [0.4, 0.5) is 5.13 Å². The van der Waals surface area contributed by atoms with Crippen molar-refractivity contribution in [2.45, 2.75) is 6.04 Å². The van der Waals surface area contributed by atoms with Crippen LogP contribution in [0.1, 0.15) is 17.2 Å². The van der Waals surface area contributed by atoms with Gasteiger partial charge in [-0.1, -0.05) is 17.7 Å². The minimum atomic E-state index is -0.901. The third-order valence-corrected chi connectivity index (χ3v) is 5.93. The largest absolute Gasteiger partial charge is 0.507 e. The molecule has 158 valence electrons. The molecular formula is C22H17ClN2O5S. The number of thiazole rings is 1. The van der Waals surface area contributed by atoms with Crippen molar-refractivity contribution < 1.29 is 24.2 Å². The van der Waals surface area contributed by atoms with Gasteiger partial charge in [-0.05, 0) is 42.0 Å². The quantitative estimate of drug-likeness (QED) is 0.347. The Bertz CT molecular complexity index is 1180. The summed E-state index contributed by atoms with van der Waals surface area (Å²) in [4.78, 5) is 31.5. The zero-order valence-electron chi connectivity index (χ0n) is 16.5. The predicted molar refractivity (Wildman–Crippen MR) is 118 cm³/mol. The summed E-state index contributed by atoms with van der Waals surface area (Å²) in [7, 11) is 3.01. The maximum Gasteiger partial charge on any atom is 0.301 e. The SMILES string of the molecule is COc1ccc([C@H]2/C(=C(\O)c3ccc(Cl)cc3)C(=O)C(=O)N2c2nccs2)cc1OC. The second-order valence-corrected chi connectivity index (χ2v) is 7.91. The van der Waals surface area contributed by atoms with E-state index in [0.717, 1.165) is 0 Å². The lowest BCUT2D eigenvalue weighted by Crippen LogP contribution is -2.29. The summed E-state index contributed by atoms with van der Waals surface area (Å²) in [5, 5.41) is 13.6. The molecule has 1 atom stereocenters. The molecule has 1 aliphatic heterocycles. The Morgan fingerprint density at radius 3 is 2.42 bits per heavy atom. The minimum absolute atomic E-state index is 0.0465. The van der Waals surface area contributed by atoms with Crippen LogP contribution in [0.5, 0.6) is 11.5 Å². The van der Waals surface area contributed by atoms with Gasteiger partial charge in [0, 0.05) is 22.2 Å². The second-order valence-electron chi connectivity index (χ2n) is 6.61. The molecule has 0 saturated carbocycles. The number of carbonyl (C=O) groups is 2. The molecule has 3 aromatic rings. The fourth-order valence-corrected chi connectivity index (χ4v) is 4.26. The molecule has 2 aromatic carbocycles. The number of hydrogen-bond donors (Lipinski definition) is 1. The van der Waals surface area contributed by atoms with E-state index in [2.05, 4.69) is 4.98 Å². The van der Waals surface area contributed by atoms with E-state index in [9.17, 15) is 14.7 Å². The fraction of sp³-hybridized carbons (Fsp3) is 0.136. The number of carbonyl (C=O) groups excluding carboxylic acids is 2. The molecule has 2 heterocycles. The van der Waals surface area contributed by atoms with E-state index >= 15 is 0 Å². The topological polar surface area (TPSA) is 89.0 Å². The number of amides is 1. The summed E-state index contributed by atoms with van der Waals surface area (Å²) in [5.74, 6) is -0.951. The lowest BCUT2D eigenvalue weighted by atomic mass is 9.95. The normalized spacial score (nSPS) is 17.8. The van der Waals surface area contributed by atoms with Crippen molar-refractivity contribution in [3.8, 4) is 11.5 Å². The van der Waals surface area contributed by atoms with Crippen LogP contribution in [0.2, 0.25) is 5.02 Å². The number of halogens is 1. The first-order chi connectivity index (χ1) is 15.0. The van der Waals surface area contributed by atoms with E-state index in [0.29, 0.717) is 32.8 Å². The molecule has 31 heavy (non-hydrogen) atoms. The Hall–Kier alpha value is -3.36. The predicted octanol–water partition coefficient (Wildman–Crippen LogP) is 4.44. The van der Waals surface area contributed by atoms with Crippen LogP contribution >= 0.6 is 22.9 Å². The molecule has 1 fully saturated rings. The number of anilines is 1. The molecule has 0 aliphatic carbocycles. The van der Waals surface area contributed by atoms with Gasteiger partial charge in [0.25, 0.3) is 5.78 Å². The van der Waals surface area contributed by atoms with Crippen LogP contribution < -0.4 is 14.4 Å². The van der Waals surface area contributed by atoms with Gasteiger partial charge in [-0.2, -0.15) is 0 Å². The summed E-state index contributed by atoms with van der Waals surface area (Å²) in [6.45, 7) is 0. The lowest BCUT2D eigenvalue weighted by molar-refractivity contribution is -0.132. The number of rotatable bonds is 5. The summed E-state index contributed by atoms with van der Waals surface area (Å²) in [6.07, 6.45) is 1.55. The van der Waals surface area contributed by atoms with Crippen molar-refractivity contribution in [2.75, 3.05) is 19.1 Å². The highest BCUT2D eigenvalue weighted by Crippen LogP contribution is 2.44. The minimum Gasteiger partial charge on any atom is -0.507 e. The van der Waals surface area contributed by atoms with Gasteiger partial charge >= 0.3 is 5.91 Å². The number of hydrogen-bond acceptors (Lipinski definition) is 7. The highest BCUT2D eigenvalue weighted by Gasteiger charge is 2.48. The number of nitrogens with zero attached hydrogens (tertiary/aromatic N) is 2. The zero-order valence-corrected chi connectivity index (χ0v) is 18.1. The molecule has 0 radical (unpaired) electrons. The Labute approximate surface area is 187 Å². The molecule has 1 N–H and O–H groups in total. The molecular weight excluding hydrogens is 440 g/mol. The maximum absolute atomic E-state index is 13.0. The molecule has 1 saturated heterocycles. The fourth-order valence-electron chi connectivity index (χ4n) is 3.47. The Morgan fingerprint density at radius 1 is 1.10 bits per heavy atom. The number of aromatic nitrogens is 1. The molecule has 0 spiro atoms. The number of ketones is 1. The number of aliphatic hydroxyl groups is 1. The summed E-state index contributed by atoms with van der Waals surface area (Å²) in [6, 6.07) is 10.5. The summed E-state index contributed by atoms with van der Waals surface area (Å²) < 4.78 is 10.7. The van der Waals surface area contributed by atoms with Gasteiger partial charge in [-0.3, -0.25) is 14.5 Å². The Kier molecular flexibility index (Phi) is 5.67. The van der Waals surface area contributed by atoms with Crippen molar-refractivity contribution >= 4 is 45.5 Å². The molecule has 7 nitrogen and oxygen atoms in total.